The molecule has 2 aliphatic rings. The minimum Gasteiger partial charge on any atom is -0.461 e. The summed E-state index contributed by atoms with van der Waals surface area (Å²) in [5.41, 5.74) is 2.37. The maximum Gasteiger partial charge on any atom is 0.411 e. The second-order valence-corrected chi connectivity index (χ2v) is 11.1. The molecule has 1 unspecified atom stereocenters. The number of fused-ring (bicyclic) bond motifs is 3. The minimum absolute atomic E-state index is 0.0496. The van der Waals surface area contributed by atoms with Crippen molar-refractivity contribution >= 4 is 22.8 Å². The Morgan fingerprint density at radius 1 is 1.11 bits per heavy atom. The van der Waals surface area contributed by atoms with Gasteiger partial charge in [-0.2, -0.15) is 5.26 Å². The van der Waals surface area contributed by atoms with Gasteiger partial charge in [0.1, 0.15) is 16.9 Å². The minimum atomic E-state index is -0.622. The van der Waals surface area contributed by atoms with Gasteiger partial charge in [-0.3, -0.25) is 9.69 Å². The van der Waals surface area contributed by atoms with Crippen molar-refractivity contribution in [2.75, 3.05) is 0 Å². The highest BCUT2D eigenvalue weighted by Crippen LogP contribution is 2.44. The third-order valence-corrected chi connectivity index (χ3v) is 7.27. The molecule has 0 spiro atoms. The Bertz CT molecular complexity index is 1310. The van der Waals surface area contributed by atoms with Crippen LogP contribution in [0.1, 0.15) is 52.2 Å². The molecule has 0 N–H and O–H groups in total. The maximum atomic E-state index is 13.4. The lowest BCUT2D eigenvalue weighted by atomic mass is 9.89. The number of carbonyl (C=O) groups is 2. The van der Waals surface area contributed by atoms with Crippen molar-refractivity contribution in [1.82, 2.24) is 4.90 Å². The number of amides is 1. The maximum absolute atomic E-state index is 13.4. The van der Waals surface area contributed by atoms with E-state index < -0.39 is 23.7 Å². The lowest BCUT2D eigenvalue weighted by Crippen LogP contribution is -2.51. The smallest absolute Gasteiger partial charge is 0.411 e. The zero-order valence-corrected chi connectivity index (χ0v) is 21.1. The zero-order chi connectivity index (χ0) is 25.4. The van der Waals surface area contributed by atoms with E-state index in [-0.39, 0.29) is 24.2 Å². The van der Waals surface area contributed by atoms with Crippen molar-refractivity contribution in [1.29, 1.82) is 5.26 Å². The number of hydrogen-bond donors (Lipinski definition) is 0. The first kappa shape index (κ1) is 24.1. The van der Waals surface area contributed by atoms with Crippen LogP contribution in [0.25, 0.3) is 22.1 Å². The molecular weight excluding hydrogens is 452 g/mol. The molecule has 36 heavy (non-hydrogen) atoms. The van der Waals surface area contributed by atoms with Crippen LogP contribution in [0.2, 0.25) is 0 Å². The number of ketones is 1. The third kappa shape index (κ3) is 4.88. The average molecular weight is 485 g/mol. The van der Waals surface area contributed by atoms with Gasteiger partial charge in [0, 0.05) is 24.3 Å². The monoisotopic (exact) mass is 484 g/mol. The molecule has 2 bridgehead atoms. The molecule has 5 rings (SSSR count). The van der Waals surface area contributed by atoms with E-state index in [9.17, 15) is 14.9 Å². The van der Waals surface area contributed by atoms with Gasteiger partial charge in [0.05, 0.1) is 18.0 Å². The molecule has 1 aliphatic heterocycles. The van der Waals surface area contributed by atoms with E-state index in [0.29, 0.717) is 12.2 Å². The van der Waals surface area contributed by atoms with E-state index in [1.165, 1.54) is 0 Å². The fraction of sp³-hybridized carbons (Fsp3) is 0.433. The molecule has 1 saturated carbocycles. The molecule has 2 aromatic carbocycles. The first-order chi connectivity index (χ1) is 17.2. The highest BCUT2D eigenvalue weighted by Gasteiger charge is 2.52. The van der Waals surface area contributed by atoms with E-state index in [2.05, 4.69) is 24.3 Å². The van der Waals surface area contributed by atoms with Gasteiger partial charge in [-0.15, -0.1) is 0 Å². The first-order valence-corrected chi connectivity index (χ1v) is 12.7. The van der Waals surface area contributed by atoms with Crippen LogP contribution in [0, 0.1) is 23.2 Å². The molecule has 1 amide bonds. The summed E-state index contributed by atoms with van der Waals surface area (Å²) >= 11 is 0. The summed E-state index contributed by atoms with van der Waals surface area (Å²) < 4.78 is 11.6. The van der Waals surface area contributed by atoms with Gasteiger partial charge in [-0.1, -0.05) is 36.4 Å². The number of nitriles is 1. The number of piperidine rings is 1. The Labute approximate surface area is 211 Å². The van der Waals surface area contributed by atoms with E-state index in [0.717, 1.165) is 41.4 Å². The van der Waals surface area contributed by atoms with Crippen LogP contribution in [-0.4, -0.2) is 34.5 Å². The highest BCUT2D eigenvalue weighted by molar-refractivity contribution is 5.89. The van der Waals surface area contributed by atoms with Crippen molar-refractivity contribution in [3.63, 3.8) is 0 Å². The molecule has 1 aliphatic carbocycles. The van der Waals surface area contributed by atoms with Gasteiger partial charge in [0.15, 0.2) is 5.78 Å². The van der Waals surface area contributed by atoms with Gasteiger partial charge in [-0.25, -0.2) is 4.79 Å². The van der Waals surface area contributed by atoms with Gasteiger partial charge in [0.2, 0.25) is 0 Å². The van der Waals surface area contributed by atoms with Crippen LogP contribution < -0.4 is 0 Å². The van der Waals surface area contributed by atoms with Crippen LogP contribution in [-0.2, 0) is 16.0 Å². The number of furan rings is 1. The zero-order valence-electron chi connectivity index (χ0n) is 21.1. The number of nitrogens with zero attached hydrogens (tertiary/aromatic N) is 2. The van der Waals surface area contributed by atoms with Crippen molar-refractivity contribution < 1.29 is 18.7 Å². The second kappa shape index (κ2) is 9.46. The summed E-state index contributed by atoms with van der Waals surface area (Å²) in [5, 5.41) is 10.8. The Kier molecular flexibility index (Phi) is 6.34. The summed E-state index contributed by atoms with van der Waals surface area (Å²) in [6.07, 6.45) is 2.69. The van der Waals surface area contributed by atoms with Gasteiger partial charge < -0.3 is 9.15 Å². The number of ether oxygens (including phenoxy) is 1. The van der Waals surface area contributed by atoms with E-state index in [1.54, 1.807) is 4.90 Å². The lowest BCUT2D eigenvalue weighted by molar-refractivity contribution is -0.126. The molecule has 6 heteroatoms. The van der Waals surface area contributed by atoms with Crippen molar-refractivity contribution in [2.24, 2.45) is 11.8 Å². The molecule has 0 radical (unpaired) electrons. The molecule has 186 valence electrons. The predicted molar refractivity (Wildman–Crippen MR) is 137 cm³/mol. The number of benzene rings is 2. The summed E-state index contributed by atoms with van der Waals surface area (Å²) in [4.78, 5) is 28.0. The topological polar surface area (TPSA) is 83.5 Å². The number of rotatable bonds is 6. The largest absolute Gasteiger partial charge is 0.461 e. The molecule has 4 atom stereocenters. The lowest BCUT2D eigenvalue weighted by Gasteiger charge is -2.35. The molecule has 6 nitrogen and oxygen atoms in total. The Hall–Kier alpha value is -3.59. The molecule has 1 aromatic heterocycles. The summed E-state index contributed by atoms with van der Waals surface area (Å²) in [6, 6.07) is 20.0. The highest BCUT2D eigenvalue weighted by atomic mass is 16.6. The van der Waals surface area contributed by atoms with Crippen LogP contribution in [0.4, 0.5) is 4.79 Å². The van der Waals surface area contributed by atoms with Crippen molar-refractivity contribution in [2.45, 2.75) is 70.6 Å². The average Bonchev–Trinajstić information content (AvgIpc) is 3.56. The normalized spacial score (nSPS) is 21.9. The van der Waals surface area contributed by atoms with Gasteiger partial charge in [0.25, 0.3) is 0 Å². The molecule has 3 aromatic rings. The number of carbonyl (C=O) groups excluding carboxylic acids is 2. The molecule has 2 heterocycles. The second-order valence-electron chi connectivity index (χ2n) is 11.1. The summed E-state index contributed by atoms with van der Waals surface area (Å²) in [7, 11) is 0. The Morgan fingerprint density at radius 2 is 1.89 bits per heavy atom. The Morgan fingerprint density at radius 3 is 2.61 bits per heavy atom. The van der Waals surface area contributed by atoms with E-state index >= 15 is 0 Å². The van der Waals surface area contributed by atoms with E-state index in [1.807, 2.05) is 57.2 Å². The fourth-order valence-corrected chi connectivity index (χ4v) is 5.76. The Balaban J connectivity index is 1.29. The fourth-order valence-electron chi connectivity index (χ4n) is 5.76. The van der Waals surface area contributed by atoms with Crippen LogP contribution in [0.5, 0.6) is 0 Å². The molecule has 1 saturated heterocycles. The molecule has 2 fully saturated rings. The quantitative estimate of drug-likeness (QED) is 0.397. The summed E-state index contributed by atoms with van der Waals surface area (Å²) in [6.45, 7) is 5.49. The number of hydrogen-bond acceptors (Lipinski definition) is 5. The van der Waals surface area contributed by atoms with Gasteiger partial charge in [-0.05, 0) is 75.3 Å². The number of Topliss-reactive ketones (excluding diaryl/α,β-unsaturated/α-hetero) is 1. The van der Waals surface area contributed by atoms with Crippen molar-refractivity contribution in [3.8, 4) is 17.2 Å². The van der Waals surface area contributed by atoms with Gasteiger partial charge >= 0.3 is 6.09 Å². The SMILES string of the molecule is CC(C)(C)OC(=O)N1[C@@H]2CC[C@@H](C2)[C@H]1C(=O)CC(C#N)Cc1cc2cc(-c3ccccc3)ccc2o1. The van der Waals surface area contributed by atoms with Crippen LogP contribution in [0.15, 0.2) is 59.0 Å². The summed E-state index contributed by atoms with van der Waals surface area (Å²) in [5.74, 6) is 0.261. The third-order valence-electron chi connectivity index (χ3n) is 7.27. The van der Waals surface area contributed by atoms with Crippen LogP contribution in [0.3, 0.4) is 0 Å². The standard InChI is InChI=1S/C30H32N2O4/c1-30(2,3)36-29(34)32-24-11-9-22(16-24)28(32)26(33)14-19(18-31)13-25-17-23-15-21(10-12-27(23)35-25)20-7-5-4-6-8-20/h4-8,10,12,15,17,19,22,24,28H,9,11,13-14,16H2,1-3H3/t19?,22-,24+,28-/m0/s1. The van der Waals surface area contributed by atoms with Crippen molar-refractivity contribution in [3.05, 3.63) is 60.4 Å². The number of likely N-dealkylation sites (tertiary alicyclic amines) is 1. The van der Waals surface area contributed by atoms with E-state index in [4.69, 9.17) is 9.15 Å². The first-order valence-electron chi connectivity index (χ1n) is 12.7. The predicted octanol–water partition coefficient (Wildman–Crippen LogP) is 6.53. The van der Waals surface area contributed by atoms with Crippen LogP contribution >= 0.6 is 0 Å². The molecular formula is C30H32N2O4.